The Balaban J connectivity index is 3.11. The van der Waals surface area contributed by atoms with Crippen LogP contribution in [-0.2, 0) is 18.5 Å². The van der Waals surface area contributed by atoms with Crippen LogP contribution in [0.1, 0.15) is 10.4 Å². The van der Waals surface area contributed by atoms with Gasteiger partial charge in [0.05, 0.1) is 12.2 Å². The molecule has 0 aliphatic rings. The molecule has 9 heteroatoms. The fraction of sp³-hybridized carbons (Fsp3) is 0.300. The average molecular weight is 315 g/mol. The molecule has 0 fully saturated rings. The van der Waals surface area contributed by atoms with E-state index in [1.54, 1.807) is 0 Å². The highest BCUT2D eigenvalue weighted by atomic mass is 35.7. The highest BCUT2D eigenvalue weighted by Gasteiger charge is 2.23. The molecule has 0 spiro atoms. The van der Waals surface area contributed by atoms with Gasteiger partial charge in [-0.2, -0.15) is 0 Å². The minimum absolute atomic E-state index is 0.0786. The molecule has 0 atom stereocenters. The van der Waals surface area contributed by atoms with Crippen LogP contribution in [0.25, 0.3) is 0 Å². The Hall–Kier alpha value is -1.25. The maximum atomic E-state index is 13.4. The second-order valence-corrected chi connectivity index (χ2v) is 5.86. The number of rotatable bonds is 5. The molecule has 19 heavy (non-hydrogen) atoms. The molecule has 0 amide bonds. The molecule has 0 bridgehead atoms. The maximum Gasteiger partial charge on any atom is 0.341 e. The van der Waals surface area contributed by atoms with Crippen molar-refractivity contribution in [3.05, 3.63) is 29.3 Å². The fourth-order valence-corrected chi connectivity index (χ4v) is 2.07. The zero-order valence-corrected chi connectivity index (χ0v) is 11.2. The first-order chi connectivity index (χ1) is 8.77. The van der Waals surface area contributed by atoms with Gasteiger partial charge in [-0.3, -0.25) is 0 Å². The largest absolute Gasteiger partial charge is 0.460 e. The molecule has 5 nitrogen and oxygen atoms in total. The maximum absolute atomic E-state index is 13.4. The molecule has 1 aromatic carbocycles. The van der Waals surface area contributed by atoms with Crippen LogP contribution in [0.3, 0.4) is 0 Å². The topological polar surface area (TPSA) is 69.7 Å². The summed E-state index contributed by atoms with van der Waals surface area (Å²) >= 11 is 0. The van der Waals surface area contributed by atoms with Gasteiger partial charge in [0, 0.05) is 23.9 Å². The van der Waals surface area contributed by atoms with E-state index in [9.17, 15) is 22.0 Å². The lowest BCUT2D eigenvalue weighted by molar-refractivity contribution is 0.0382. The number of hydrogen-bond donors (Lipinski definition) is 0. The molecular weight excluding hydrogens is 306 g/mol. The lowest BCUT2D eigenvalue weighted by atomic mass is 10.2. The molecule has 0 radical (unpaired) electrons. The van der Waals surface area contributed by atoms with Crippen LogP contribution in [0.15, 0.2) is 17.0 Å². The normalized spacial score (nSPS) is 11.4. The van der Waals surface area contributed by atoms with Gasteiger partial charge in [-0.25, -0.2) is 22.0 Å². The van der Waals surface area contributed by atoms with Crippen LogP contribution in [-0.4, -0.2) is 34.7 Å². The molecule has 0 aliphatic carbocycles. The number of esters is 1. The zero-order valence-electron chi connectivity index (χ0n) is 9.65. The predicted molar refractivity (Wildman–Crippen MR) is 61.6 cm³/mol. The van der Waals surface area contributed by atoms with Gasteiger partial charge < -0.3 is 9.47 Å². The quantitative estimate of drug-likeness (QED) is 0.470. The van der Waals surface area contributed by atoms with E-state index in [1.807, 2.05) is 0 Å². The third-order valence-electron chi connectivity index (χ3n) is 2.02. The van der Waals surface area contributed by atoms with Crippen LogP contribution in [0.5, 0.6) is 0 Å². The summed E-state index contributed by atoms with van der Waals surface area (Å²) < 4.78 is 57.9. The van der Waals surface area contributed by atoms with Crippen molar-refractivity contribution in [2.75, 3.05) is 20.3 Å². The summed E-state index contributed by atoms with van der Waals surface area (Å²) in [6.07, 6.45) is 0. The van der Waals surface area contributed by atoms with Gasteiger partial charge in [-0.1, -0.05) is 0 Å². The molecule has 106 valence electrons. The van der Waals surface area contributed by atoms with E-state index in [4.69, 9.17) is 10.7 Å². The van der Waals surface area contributed by atoms with E-state index in [-0.39, 0.29) is 19.3 Å². The van der Waals surface area contributed by atoms with Crippen molar-refractivity contribution in [2.24, 2.45) is 0 Å². The Kier molecular flexibility index (Phi) is 5.21. The third-order valence-corrected chi connectivity index (χ3v) is 3.36. The van der Waals surface area contributed by atoms with Gasteiger partial charge >= 0.3 is 5.97 Å². The van der Waals surface area contributed by atoms with E-state index in [0.29, 0.717) is 6.07 Å². The monoisotopic (exact) mass is 314 g/mol. The minimum Gasteiger partial charge on any atom is -0.460 e. The number of ether oxygens (including phenoxy) is 2. The Morgan fingerprint density at radius 2 is 1.89 bits per heavy atom. The number of halogens is 3. The first-order valence-corrected chi connectivity index (χ1v) is 7.18. The van der Waals surface area contributed by atoms with Crippen molar-refractivity contribution >= 4 is 25.7 Å². The minimum atomic E-state index is -4.43. The van der Waals surface area contributed by atoms with Crippen LogP contribution in [0.2, 0.25) is 0 Å². The second kappa shape index (κ2) is 6.27. The van der Waals surface area contributed by atoms with Crippen LogP contribution in [0.4, 0.5) is 8.78 Å². The molecule has 0 aromatic heterocycles. The van der Waals surface area contributed by atoms with Crippen molar-refractivity contribution in [3.8, 4) is 0 Å². The lowest BCUT2D eigenvalue weighted by Crippen LogP contribution is -2.13. The summed E-state index contributed by atoms with van der Waals surface area (Å²) in [6.45, 7) is -0.0790. The van der Waals surface area contributed by atoms with Crippen molar-refractivity contribution in [3.63, 3.8) is 0 Å². The number of methoxy groups -OCH3 is 1. The van der Waals surface area contributed by atoms with E-state index < -0.39 is 37.1 Å². The molecular formula is C10H9ClF2O5S. The molecule has 0 saturated carbocycles. The van der Waals surface area contributed by atoms with Gasteiger partial charge in [0.25, 0.3) is 9.05 Å². The molecule has 0 heterocycles. The summed E-state index contributed by atoms with van der Waals surface area (Å²) in [4.78, 5) is 10.5. The van der Waals surface area contributed by atoms with Crippen LogP contribution >= 0.6 is 10.7 Å². The number of hydrogen-bond acceptors (Lipinski definition) is 5. The fourth-order valence-electron chi connectivity index (χ4n) is 1.17. The summed E-state index contributed by atoms with van der Waals surface area (Å²) in [5, 5.41) is 0. The molecule has 0 saturated heterocycles. The van der Waals surface area contributed by atoms with Gasteiger partial charge in [0.1, 0.15) is 23.1 Å². The Morgan fingerprint density at radius 1 is 1.26 bits per heavy atom. The summed E-state index contributed by atoms with van der Waals surface area (Å²) in [7, 11) is 1.89. The Morgan fingerprint density at radius 3 is 2.42 bits per heavy atom. The summed E-state index contributed by atoms with van der Waals surface area (Å²) in [5.74, 6) is -3.78. The van der Waals surface area contributed by atoms with E-state index in [2.05, 4.69) is 9.47 Å². The highest BCUT2D eigenvalue weighted by molar-refractivity contribution is 8.13. The first kappa shape index (κ1) is 15.8. The smallest absolute Gasteiger partial charge is 0.341 e. The predicted octanol–water partition coefficient (Wildman–Crippen LogP) is 1.70. The summed E-state index contributed by atoms with van der Waals surface area (Å²) in [5.41, 5.74) is -0.725. The third kappa shape index (κ3) is 4.12. The average Bonchev–Trinajstić information content (AvgIpc) is 2.27. The van der Waals surface area contributed by atoms with Gasteiger partial charge in [0.15, 0.2) is 0 Å². The van der Waals surface area contributed by atoms with Crippen molar-refractivity contribution in [1.29, 1.82) is 0 Å². The molecule has 1 rings (SSSR count). The van der Waals surface area contributed by atoms with Crippen molar-refractivity contribution < 1.29 is 31.5 Å². The van der Waals surface area contributed by atoms with Crippen molar-refractivity contribution in [1.82, 2.24) is 0 Å². The number of carbonyl (C=O) groups excluding carboxylic acids is 1. The molecule has 0 aliphatic heterocycles. The van der Waals surface area contributed by atoms with Gasteiger partial charge in [-0.15, -0.1) is 0 Å². The van der Waals surface area contributed by atoms with Gasteiger partial charge in [0.2, 0.25) is 0 Å². The number of benzene rings is 1. The van der Waals surface area contributed by atoms with E-state index in [1.165, 1.54) is 7.11 Å². The highest BCUT2D eigenvalue weighted by Crippen LogP contribution is 2.23. The summed E-state index contributed by atoms with van der Waals surface area (Å²) in [6, 6.07) is 0.740. The first-order valence-electron chi connectivity index (χ1n) is 4.87. The number of carbonyl (C=O) groups is 1. The molecule has 1 aromatic rings. The van der Waals surface area contributed by atoms with E-state index >= 15 is 0 Å². The van der Waals surface area contributed by atoms with Crippen LogP contribution in [0, 0.1) is 11.6 Å². The second-order valence-electron chi connectivity index (χ2n) is 3.33. The standard InChI is InChI=1S/C10H9ClF2O5S/c1-17-2-3-18-10(14)6-4-9(19(11,15)16)8(13)5-7(6)12/h4-5H,2-3H2,1H3. The Bertz CT molecular complexity index is 588. The molecule has 0 N–H and O–H groups in total. The molecule has 0 unspecified atom stereocenters. The van der Waals surface area contributed by atoms with Crippen LogP contribution < -0.4 is 0 Å². The Labute approximate surface area is 112 Å². The zero-order chi connectivity index (χ0) is 14.6. The SMILES string of the molecule is COCCOC(=O)c1cc(S(=O)(=O)Cl)c(F)cc1F. The van der Waals surface area contributed by atoms with Crippen molar-refractivity contribution in [2.45, 2.75) is 4.90 Å². The lowest BCUT2D eigenvalue weighted by Gasteiger charge is -2.07. The van der Waals surface area contributed by atoms with Gasteiger partial charge in [-0.05, 0) is 6.07 Å². The van der Waals surface area contributed by atoms with E-state index in [0.717, 1.165) is 0 Å².